The van der Waals surface area contributed by atoms with Gasteiger partial charge in [0.15, 0.2) is 0 Å². The van der Waals surface area contributed by atoms with Crippen molar-refractivity contribution < 1.29 is 14.6 Å². The van der Waals surface area contributed by atoms with Crippen LogP contribution in [0.1, 0.15) is 23.2 Å². The average molecular weight is 285 g/mol. The molecular formula is C13H17ClN2O3. The first-order chi connectivity index (χ1) is 9.22. The van der Waals surface area contributed by atoms with Gasteiger partial charge in [0, 0.05) is 19.3 Å². The highest BCUT2D eigenvalue weighted by atomic mass is 35.5. The second-order valence-electron chi connectivity index (χ2n) is 4.43. The Hall–Kier alpha value is -1.17. The molecule has 0 bridgehead atoms. The highest BCUT2D eigenvalue weighted by Gasteiger charge is 2.25. The minimum atomic E-state index is -0.0845. The molecule has 0 aliphatic carbocycles. The van der Waals surface area contributed by atoms with E-state index in [0.29, 0.717) is 25.3 Å². The molecule has 0 saturated carbocycles. The zero-order valence-corrected chi connectivity index (χ0v) is 11.3. The van der Waals surface area contributed by atoms with Crippen LogP contribution in [0.5, 0.6) is 0 Å². The van der Waals surface area contributed by atoms with Gasteiger partial charge in [-0.25, -0.2) is 4.98 Å². The number of rotatable bonds is 4. The molecule has 2 heterocycles. The van der Waals surface area contributed by atoms with Gasteiger partial charge in [-0.15, -0.1) is 0 Å². The van der Waals surface area contributed by atoms with Crippen molar-refractivity contribution in [1.29, 1.82) is 0 Å². The molecule has 0 atom stereocenters. The van der Waals surface area contributed by atoms with Gasteiger partial charge in [-0.2, -0.15) is 0 Å². The van der Waals surface area contributed by atoms with Gasteiger partial charge >= 0.3 is 0 Å². The van der Waals surface area contributed by atoms with Crippen LogP contribution in [0.15, 0.2) is 18.3 Å². The van der Waals surface area contributed by atoms with E-state index in [-0.39, 0.29) is 23.8 Å². The third kappa shape index (κ3) is 3.65. The van der Waals surface area contributed by atoms with Crippen molar-refractivity contribution in [1.82, 2.24) is 9.88 Å². The molecule has 2 rings (SSSR count). The number of carbonyl (C=O) groups excluding carboxylic acids is 1. The molecule has 1 amide bonds. The molecule has 0 spiro atoms. The third-order valence-corrected chi connectivity index (χ3v) is 3.46. The van der Waals surface area contributed by atoms with Crippen LogP contribution in [0.4, 0.5) is 0 Å². The van der Waals surface area contributed by atoms with Crippen molar-refractivity contribution in [3.05, 3.63) is 29.0 Å². The summed E-state index contributed by atoms with van der Waals surface area (Å²) in [6, 6.07) is 3.39. The quantitative estimate of drug-likeness (QED) is 0.848. The smallest absolute Gasteiger partial charge is 0.256 e. The maximum absolute atomic E-state index is 12.3. The Bertz CT molecular complexity index is 434. The highest BCUT2D eigenvalue weighted by Crippen LogP contribution is 2.19. The Morgan fingerprint density at radius 3 is 2.89 bits per heavy atom. The lowest BCUT2D eigenvalue weighted by molar-refractivity contribution is -0.00554. The summed E-state index contributed by atoms with van der Waals surface area (Å²) in [4.78, 5) is 17.9. The molecule has 19 heavy (non-hydrogen) atoms. The van der Waals surface area contributed by atoms with Crippen molar-refractivity contribution in [2.45, 2.75) is 18.9 Å². The van der Waals surface area contributed by atoms with Crippen LogP contribution in [-0.2, 0) is 4.74 Å². The van der Waals surface area contributed by atoms with Crippen LogP contribution in [0.2, 0.25) is 5.15 Å². The van der Waals surface area contributed by atoms with Crippen LogP contribution in [-0.4, -0.2) is 53.3 Å². The summed E-state index contributed by atoms with van der Waals surface area (Å²) in [7, 11) is 0. The van der Waals surface area contributed by atoms with E-state index >= 15 is 0 Å². The van der Waals surface area contributed by atoms with Crippen LogP contribution in [0.3, 0.4) is 0 Å². The largest absolute Gasteiger partial charge is 0.394 e. The van der Waals surface area contributed by atoms with E-state index in [4.69, 9.17) is 21.4 Å². The van der Waals surface area contributed by atoms with E-state index < -0.39 is 0 Å². The second-order valence-corrected chi connectivity index (χ2v) is 4.79. The van der Waals surface area contributed by atoms with E-state index in [1.54, 1.807) is 23.2 Å². The molecule has 1 aliphatic rings. The fraction of sp³-hybridized carbons (Fsp3) is 0.538. The number of hydrogen-bond acceptors (Lipinski definition) is 4. The van der Waals surface area contributed by atoms with E-state index in [1.165, 1.54) is 0 Å². The maximum atomic E-state index is 12.3. The number of hydrogen-bond donors (Lipinski definition) is 1. The average Bonchev–Trinajstić information content (AvgIpc) is 2.45. The maximum Gasteiger partial charge on any atom is 0.256 e. The molecule has 0 unspecified atom stereocenters. The van der Waals surface area contributed by atoms with Gasteiger partial charge in [-0.1, -0.05) is 11.6 Å². The lowest BCUT2D eigenvalue weighted by Gasteiger charge is -2.32. The molecule has 1 N–H and O–H groups in total. The van der Waals surface area contributed by atoms with Crippen molar-refractivity contribution in [2.24, 2.45) is 0 Å². The number of amides is 1. The number of halogens is 1. The van der Waals surface area contributed by atoms with Gasteiger partial charge in [-0.05, 0) is 25.0 Å². The van der Waals surface area contributed by atoms with Gasteiger partial charge < -0.3 is 14.7 Å². The van der Waals surface area contributed by atoms with Crippen LogP contribution < -0.4 is 0 Å². The Kier molecular flexibility index (Phi) is 5.13. The predicted octanol–water partition coefficient (Wildman–Crippen LogP) is 1.35. The van der Waals surface area contributed by atoms with Gasteiger partial charge in [0.05, 0.1) is 24.9 Å². The monoisotopic (exact) mass is 284 g/mol. The topological polar surface area (TPSA) is 62.7 Å². The fourth-order valence-corrected chi connectivity index (χ4v) is 2.36. The fourth-order valence-electron chi connectivity index (χ4n) is 2.16. The van der Waals surface area contributed by atoms with E-state index in [2.05, 4.69) is 4.98 Å². The Morgan fingerprint density at radius 2 is 2.26 bits per heavy atom. The number of likely N-dealkylation sites (tertiary alicyclic amines) is 1. The third-order valence-electron chi connectivity index (χ3n) is 3.16. The van der Waals surface area contributed by atoms with Gasteiger partial charge in [0.1, 0.15) is 5.15 Å². The zero-order valence-electron chi connectivity index (χ0n) is 10.6. The lowest BCUT2D eigenvalue weighted by Crippen LogP contribution is -2.41. The van der Waals surface area contributed by atoms with Crippen molar-refractivity contribution >= 4 is 17.5 Å². The lowest BCUT2D eigenvalue weighted by atomic mass is 10.1. The van der Waals surface area contributed by atoms with Crippen molar-refractivity contribution in [3.63, 3.8) is 0 Å². The number of piperidine rings is 1. The SMILES string of the molecule is O=C(c1cccnc1Cl)N1CCC(OCCO)CC1. The standard InChI is InChI=1S/C13H17ClN2O3/c14-12-11(2-1-5-15-12)13(18)16-6-3-10(4-7-16)19-9-8-17/h1-2,5,10,17H,3-4,6-9H2. The van der Waals surface area contributed by atoms with Crippen LogP contribution in [0.25, 0.3) is 0 Å². The Labute approximate surface area is 117 Å². The molecule has 5 nitrogen and oxygen atoms in total. The minimum Gasteiger partial charge on any atom is -0.394 e. The number of carbonyl (C=O) groups is 1. The molecule has 1 fully saturated rings. The molecule has 1 saturated heterocycles. The van der Waals surface area contributed by atoms with E-state index in [0.717, 1.165) is 12.8 Å². The summed E-state index contributed by atoms with van der Waals surface area (Å²) < 4.78 is 5.46. The molecular weight excluding hydrogens is 268 g/mol. The summed E-state index contributed by atoms with van der Waals surface area (Å²) in [6.07, 6.45) is 3.25. The first-order valence-electron chi connectivity index (χ1n) is 6.34. The van der Waals surface area contributed by atoms with Crippen molar-refractivity contribution in [3.8, 4) is 0 Å². The molecule has 0 radical (unpaired) electrons. The summed E-state index contributed by atoms with van der Waals surface area (Å²) in [5, 5.41) is 8.95. The number of aromatic nitrogens is 1. The first-order valence-corrected chi connectivity index (χ1v) is 6.72. The zero-order chi connectivity index (χ0) is 13.7. The van der Waals surface area contributed by atoms with E-state index in [9.17, 15) is 4.79 Å². The molecule has 1 aromatic heterocycles. The normalized spacial score (nSPS) is 16.6. The predicted molar refractivity (Wildman–Crippen MR) is 71.2 cm³/mol. The molecule has 0 aromatic carbocycles. The number of ether oxygens (including phenoxy) is 1. The van der Waals surface area contributed by atoms with Crippen molar-refractivity contribution in [2.75, 3.05) is 26.3 Å². The number of aliphatic hydroxyl groups is 1. The second kappa shape index (κ2) is 6.84. The van der Waals surface area contributed by atoms with Crippen LogP contribution in [0, 0.1) is 0 Å². The molecule has 104 valence electrons. The molecule has 6 heteroatoms. The number of pyridine rings is 1. The van der Waals surface area contributed by atoms with Gasteiger partial charge in [0.25, 0.3) is 5.91 Å². The summed E-state index contributed by atoms with van der Waals surface area (Å²) >= 11 is 5.92. The van der Waals surface area contributed by atoms with Gasteiger partial charge in [0.2, 0.25) is 0 Å². The van der Waals surface area contributed by atoms with Crippen LogP contribution >= 0.6 is 11.6 Å². The Balaban J connectivity index is 1.91. The van der Waals surface area contributed by atoms with Gasteiger partial charge in [-0.3, -0.25) is 4.79 Å². The highest BCUT2D eigenvalue weighted by molar-refractivity contribution is 6.32. The summed E-state index contributed by atoms with van der Waals surface area (Å²) in [6.45, 7) is 1.66. The molecule has 1 aromatic rings. The summed E-state index contributed by atoms with van der Waals surface area (Å²) in [5.74, 6) is -0.0845. The summed E-state index contributed by atoms with van der Waals surface area (Å²) in [5.41, 5.74) is 0.443. The number of nitrogens with zero attached hydrogens (tertiary/aromatic N) is 2. The first kappa shape index (κ1) is 14.2. The number of aliphatic hydroxyl groups excluding tert-OH is 1. The van der Waals surface area contributed by atoms with E-state index in [1.807, 2.05) is 0 Å². The minimum absolute atomic E-state index is 0.0322. The Morgan fingerprint density at radius 1 is 1.53 bits per heavy atom. The molecule has 1 aliphatic heterocycles.